The van der Waals surface area contributed by atoms with E-state index in [0.29, 0.717) is 16.5 Å². The zero-order valence-electron chi connectivity index (χ0n) is 12.5. The molecule has 1 aromatic rings. The van der Waals surface area contributed by atoms with Crippen molar-refractivity contribution in [3.8, 4) is 5.75 Å². The Morgan fingerprint density at radius 1 is 1.48 bits per heavy atom. The molecule has 0 aliphatic carbocycles. The Kier molecular flexibility index (Phi) is 4.36. The third kappa shape index (κ3) is 2.96. The zero-order valence-corrected chi connectivity index (χ0v) is 14.9. The summed E-state index contributed by atoms with van der Waals surface area (Å²) in [4.78, 5) is 16.3. The minimum absolute atomic E-state index is 0.0259. The number of nitrogens with zero attached hydrogens (tertiary/aromatic N) is 3. The molecule has 0 spiro atoms. The summed E-state index contributed by atoms with van der Waals surface area (Å²) in [7, 11) is 1.56. The standard InChI is InChI=1S/C15H13BrN4O2S/c1-3-12-19-20-13(17)10(14(21)18-15(20)23-12)7-8-6-9(16)4-5-11(8)22-2/h4-7,17H,3H2,1-2H3/b10-7-,17-13?. The molecule has 2 aliphatic rings. The molecule has 0 saturated carbocycles. The second kappa shape index (κ2) is 6.29. The Labute approximate surface area is 145 Å². The van der Waals surface area contributed by atoms with Gasteiger partial charge in [0, 0.05) is 10.0 Å². The van der Waals surface area contributed by atoms with E-state index in [4.69, 9.17) is 10.1 Å². The van der Waals surface area contributed by atoms with Crippen LogP contribution >= 0.6 is 27.7 Å². The molecule has 0 atom stereocenters. The topological polar surface area (TPSA) is 78.1 Å². The highest BCUT2D eigenvalue weighted by molar-refractivity contribution is 9.10. The summed E-state index contributed by atoms with van der Waals surface area (Å²) >= 11 is 4.72. The minimum Gasteiger partial charge on any atom is -0.496 e. The quantitative estimate of drug-likeness (QED) is 0.798. The molecule has 1 N–H and O–H groups in total. The molecule has 1 aromatic carbocycles. The highest BCUT2D eigenvalue weighted by Crippen LogP contribution is 2.31. The number of thioether (sulfide) groups is 1. The lowest BCUT2D eigenvalue weighted by atomic mass is 10.1. The summed E-state index contributed by atoms with van der Waals surface area (Å²) < 4.78 is 6.16. The van der Waals surface area contributed by atoms with Crippen LogP contribution < -0.4 is 4.74 Å². The zero-order chi connectivity index (χ0) is 16.6. The first-order valence-corrected chi connectivity index (χ1v) is 8.47. The lowest BCUT2D eigenvalue weighted by Crippen LogP contribution is -2.35. The maximum absolute atomic E-state index is 12.3. The monoisotopic (exact) mass is 392 g/mol. The number of amidine groups is 2. The number of rotatable bonds is 3. The fraction of sp³-hybridized carbons (Fsp3) is 0.200. The van der Waals surface area contributed by atoms with Crippen LogP contribution in [0.3, 0.4) is 0 Å². The SMILES string of the molecule is CCC1=NN2C(=N)/C(=C/c3cc(Br)ccc3OC)C(=O)N=C2S1. The Bertz CT molecular complexity index is 801. The van der Waals surface area contributed by atoms with Gasteiger partial charge in [-0.3, -0.25) is 10.2 Å². The molecule has 8 heteroatoms. The van der Waals surface area contributed by atoms with Gasteiger partial charge in [0.2, 0.25) is 5.17 Å². The van der Waals surface area contributed by atoms with E-state index in [9.17, 15) is 4.79 Å². The van der Waals surface area contributed by atoms with Gasteiger partial charge in [0.1, 0.15) is 10.8 Å². The van der Waals surface area contributed by atoms with Crippen molar-refractivity contribution in [1.29, 1.82) is 5.41 Å². The van der Waals surface area contributed by atoms with E-state index >= 15 is 0 Å². The number of halogens is 1. The van der Waals surface area contributed by atoms with Crippen LogP contribution in [0.2, 0.25) is 0 Å². The summed E-state index contributed by atoms with van der Waals surface area (Å²) in [6.07, 6.45) is 2.35. The van der Waals surface area contributed by atoms with Crippen molar-refractivity contribution in [2.24, 2.45) is 10.1 Å². The summed E-state index contributed by atoms with van der Waals surface area (Å²) in [5, 5.41) is 15.3. The molecule has 2 aliphatic heterocycles. The lowest BCUT2D eigenvalue weighted by molar-refractivity contribution is -0.114. The van der Waals surface area contributed by atoms with Gasteiger partial charge in [-0.2, -0.15) is 15.1 Å². The number of carbonyl (C=O) groups excluding carboxylic acids is 1. The third-order valence-electron chi connectivity index (χ3n) is 3.29. The number of amides is 1. The molecule has 2 heterocycles. The van der Waals surface area contributed by atoms with Crippen LogP contribution in [0.5, 0.6) is 5.75 Å². The number of methoxy groups -OCH3 is 1. The van der Waals surface area contributed by atoms with Gasteiger partial charge in [0.05, 0.1) is 12.7 Å². The van der Waals surface area contributed by atoms with Crippen molar-refractivity contribution in [3.63, 3.8) is 0 Å². The summed E-state index contributed by atoms with van der Waals surface area (Å²) in [5.74, 6) is 0.200. The van der Waals surface area contributed by atoms with E-state index in [-0.39, 0.29) is 11.4 Å². The smallest absolute Gasteiger partial charge is 0.283 e. The number of hydrogen-bond acceptors (Lipinski definition) is 5. The molecule has 0 bridgehead atoms. The maximum atomic E-state index is 12.3. The number of benzene rings is 1. The van der Waals surface area contributed by atoms with Gasteiger partial charge in [0.15, 0.2) is 5.84 Å². The molecule has 0 radical (unpaired) electrons. The van der Waals surface area contributed by atoms with Crippen LogP contribution in [-0.4, -0.2) is 34.1 Å². The maximum Gasteiger partial charge on any atom is 0.283 e. The van der Waals surface area contributed by atoms with Crippen LogP contribution in [0.4, 0.5) is 0 Å². The fourth-order valence-corrected chi connectivity index (χ4v) is 3.35. The molecular formula is C15H13BrN4O2S. The van der Waals surface area contributed by atoms with Crippen molar-refractivity contribution < 1.29 is 9.53 Å². The molecule has 23 heavy (non-hydrogen) atoms. The largest absolute Gasteiger partial charge is 0.496 e. The second-order valence-electron chi connectivity index (χ2n) is 4.75. The molecule has 0 fully saturated rings. The van der Waals surface area contributed by atoms with E-state index in [1.165, 1.54) is 16.8 Å². The van der Waals surface area contributed by atoms with Crippen LogP contribution in [-0.2, 0) is 4.79 Å². The van der Waals surface area contributed by atoms with Gasteiger partial charge in [-0.05, 0) is 42.5 Å². The van der Waals surface area contributed by atoms with Crippen molar-refractivity contribution in [2.45, 2.75) is 13.3 Å². The molecule has 6 nitrogen and oxygen atoms in total. The number of carbonyl (C=O) groups is 1. The molecule has 1 amide bonds. The van der Waals surface area contributed by atoms with Gasteiger partial charge in [-0.1, -0.05) is 22.9 Å². The first-order chi connectivity index (χ1) is 11.0. The molecule has 0 aromatic heterocycles. The predicted octanol–water partition coefficient (Wildman–Crippen LogP) is 3.49. The van der Waals surface area contributed by atoms with Gasteiger partial charge >= 0.3 is 0 Å². The Morgan fingerprint density at radius 3 is 2.96 bits per heavy atom. The van der Waals surface area contributed by atoms with E-state index < -0.39 is 5.91 Å². The number of fused-ring (bicyclic) bond motifs is 1. The molecule has 0 saturated heterocycles. The average molecular weight is 393 g/mol. The van der Waals surface area contributed by atoms with Crippen molar-refractivity contribution >= 4 is 55.7 Å². The third-order valence-corrected chi connectivity index (χ3v) is 4.84. The Morgan fingerprint density at radius 2 is 2.26 bits per heavy atom. The average Bonchev–Trinajstić information content (AvgIpc) is 2.95. The van der Waals surface area contributed by atoms with Crippen LogP contribution in [0.25, 0.3) is 6.08 Å². The van der Waals surface area contributed by atoms with Crippen molar-refractivity contribution in [1.82, 2.24) is 5.01 Å². The minimum atomic E-state index is -0.441. The summed E-state index contributed by atoms with van der Waals surface area (Å²) in [6, 6.07) is 5.46. The molecule has 3 rings (SSSR count). The van der Waals surface area contributed by atoms with E-state index in [2.05, 4.69) is 26.0 Å². The number of nitrogens with one attached hydrogen (secondary N) is 1. The summed E-state index contributed by atoms with van der Waals surface area (Å²) in [5.41, 5.74) is 0.882. The van der Waals surface area contributed by atoms with Crippen LogP contribution in [0.1, 0.15) is 18.9 Å². The van der Waals surface area contributed by atoms with Gasteiger partial charge in [0.25, 0.3) is 5.91 Å². The van der Waals surface area contributed by atoms with Gasteiger partial charge < -0.3 is 4.74 Å². The number of hydrogen-bond donors (Lipinski definition) is 1. The molecule has 0 unspecified atom stereocenters. The lowest BCUT2D eigenvalue weighted by Gasteiger charge is -2.20. The predicted molar refractivity (Wildman–Crippen MR) is 96.0 cm³/mol. The van der Waals surface area contributed by atoms with Gasteiger partial charge in [-0.25, -0.2) is 0 Å². The second-order valence-corrected chi connectivity index (χ2v) is 6.71. The van der Waals surface area contributed by atoms with E-state index in [1.807, 2.05) is 19.1 Å². The van der Waals surface area contributed by atoms with E-state index in [0.717, 1.165) is 15.9 Å². The molecular weight excluding hydrogens is 380 g/mol. The van der Waals surface area contributed by atoms with Gasteiger partial charge in [-0.15, -0.1) is 0 Å². The fourth-order valence-electron chi connectivity index (χ4n) is 2.15. The number of aliphatic imine (C=N–C) groups is 1. The first kappa shape index (κ1) is 15.9. The summed E-state index contributed by atoms with van der Waals surface area (Å²) in [6.45, 7) is 1.97. The van der Waals surface area contributed by atoms with Crippen molar-refractivity contribution in [3.05, 3.63) is 33.8 Å². The highest BCUT2D eigenvalue weighted by Gasteiger charge is 2.35. The highest BCUT2D eigenvalue weighted by atomic mass is 79.9. The Hall–Kier alpha value is -1.93. The normalized spacial score (nSPS) is 18.9. The Balaban J connectivity index is 2.04. The van der Waals surface area contributed by atoms with Crippen LogP contribution in [0, 0.1) is 5.41 Å². The first-order valence-electron chi connectivity index (χ1n) is 6.86. The number of ether oxygens (including phenoxy) is 1. The number of hydrazone groups is 1. The van der Waals surface area contributed by atoms with Crippen LogP contribution in [0.15, 0.2) is 38.3 Å². The van der Waals surface area contributed by atoms with Crippen molar-refractivity contribution in [2.75, 3.05) is 7.11 Å². The molecule has 118 valence electrons. The van der Waals surface area contributed by atoms with E-state index in [1.54, 1.807) is 19.3 Å².